The van der Waals surface area contributed by atoms with E-state index in [2.05, 4.69) is 29.9 Å². The maximum absolute atomic E-state index is 15.9. The van der Waals surface area contributed by atoms with Crippen LogP contribution in [0, 0.1) is 0 Å². The van der Waals surface area contributed by atoms with E-state index < -0.39 is 77.5 Å². The van der Waals surface area contributed by atoms with Crippen LogP contribution in [0.4, 0.5) is 16.2 Å². The van der Waals surface area contributed by atoms with Crippen LogP contribution in [0.2, 0.25) is 0 Å². The zero-order valence-corrected chi connectivity index (χ0v) is 23.8. The molecule has 44 heavy (non-hydrogen) atoms. The third-order valence-electron chi connectivity index (χ3n) is 7.15. The summed E-state index contributed by atoms with van der Waals surface area (Å²) in [6, 6.07) is 0. The largest absolute Gasteiger partial charge is 0.472 e. The number of fused-ring (bicyclic) bond motifs is 5. The van der Waals surface area contributed by atoms with Crippen LogP contribution in [0.15, 0.2) is 23.8 Å². The first-order valence-corrected chi connectivity index (χ1v) is 15.8. The predicted molar refractivity (Wildman–Crippen MR) is 141 cm³/mol. The molecular weight excluding hydrogens is 637 g/mol. The normalized spacial score (nSPS) is 36.6. The molecule has 7 heterocycles. The van der Waals surface area contributed by atoms with E-state index >= 15 is 4.39 Å². The van der Waals surface area contributed by atoms with E-state index in [1.54, 1.807) is 0 Å². The van der Waals surface area contributed by atoms with E-state index in [4.69, 9.17) is 39.0 Å². The van der Waals surface area contributed by atoms with Crippen molar-refractivity contribution in [2.45, 2.75) is 49.5 Å². The van der Waals surface area contributed by atoms with Crippen molar-refractivity contribution in [3.05, 3.63) is 29.3 Å². The lowest BCUT2D eigenvalue weighted by atomic mass is 10.1. The van der Waals surface area contributed by atoms with Crippen molar-refractivity contribution in [3.63, 3.8) is 0 Å². The van der Waals surface area contributed by atoms with Crippen molar-refractivity contribution in [2.75, 3.05) is 24.7 Å². The molecule has 7 N–H and O–H groups in total. The molecule has 4 aromatic heterocycles. The number of ether oxygens (including phenoxy) is 2. The molecule has 3 fully saturated rings. The van der Waals surface area contributed by atoms with Gasteiger partial charge in [0.05, 0.1) is 32.0 Å². The zero-order chi connectivity index (χ0) is 31.0. The number of halogens is 1. The Morgan fingerprint density at radius 1 is 0.909 bits per heavy atom. The molecule has 3 aliphatic heterocycles. The van der Waals surface area contributed by atoms with Crippen LogP contribution < -0.4 is 17.0 Å². The summed E-state index contributed by atoms with van der Waals surface area (Å²) >= 11 is 0. The molecule has 2 bridgehead atoms. The Kier molecular flexibility index (Phi) is 7.05. The number of hydrogen-bond acceptors (Lipinski definition) is 16. The van der Waals surface area contributed by atoms with Gasteiger partial charge in [0, 0.05) is 6.42 Å². The second-order valence-electron chi connectivity index (χ2n) is 9.99. The molecule has 2 unspecified atom stereocenters. The number of phosphoric ester groups is 2. The maximum Gasteiger partial charge on any atom is 0.472 e. The summed E-state index contributed by atoms with van der Waals surface area (Å²) < 4.78 is 76.9. The van der Waals surface area contributed by atoms with Crippen LogP contribution in [-0.4, -0.2) is 92.6 Å². The van der Waals surface area contributed by atoms with E-state index in [0.717, 1.165) is 10.9 Å². The number of rotatable bonds is 2. The van der Waals surface area contributed by atoms with Crippen LogP contribution in [0.25, 0.3) is 22.3 Å². The van der Waals surface area contributed by atoms with E-state index in [0.29, 0.717) is 0 Å². The van der Waals surface area contributed by atoms with Crippen LogP contribution in [-0.2, 0) is 36.7 Å². The molecule has 0 spiro atoms. The van der Waals surface area contributed by atoms with Gasteiger partial charge in [-0.15, -0.1) is 0 Å². The van der Waals surface area contributed by atoms with Crippen molar-refractivity contribution in [1.29, 1.82) is 0 Å². The summed E-state index contributed by atoms with van der Waals surface area (Å²) in [4.78, 5) is 55.7. The summed E-state index contributed by atoms with van der Waals surface area (Å²) in [7, 11) is -9.96. The van der Waals surface area contributed by atoms with Crippen molar-refractivity contribution >= 4 is 49.7 Å². The van der Waals surface area contributed by atoms with Gasteiger partial charge in [-0.3, -0.25) is 37.0 Å². The van der Waals surface area contributed by atoms with Crippen molar-refractivity contribution in [2.24, 2.45) is 0 Å². The third kappa shape index (κ3) is 5.17. The lowest BCUT2D eigenvalue weighted by molar-refractivity contribution is -0.0668. The van der Waals surface area contributed by atoms with Gasteiger partial charge in [-0.05, 0) is 0 Å². The van der Waals surface area contributed by atoms with Crippen LogP contribution in [0.5, 0.6) is 0 Å². The first-order valence-electron chi connectivity index (χ1n) is 12.8. The van der Waals surface area contributed by atoms with Gasteiger partial charge in [0.25, 0.3) is 5.56 Å². The summed E-state index contributed by atoms with van der Waals surface area (Å²) in [6.45, 7) is -1.42. The first-order chi connectivity index (χ1) is 20.9. The van der Waals surface area contributed by atoms with Gasteiger partial charge in [0.1, 0.15) is 30.2 Å². The number of nitrogen functional groups attached to an aromatic ring is 2. The van der Waals surface area contributed by atoms with Gasteiger partial charge < -0.3 is 30.7 Å². The van der Waals surface area contributed by atoms with Gasteiger partial charge in [-0.1, -0.05) is 0 Å². The maximum atomic E-state index is 15.9. The Bertz CT molecular complexity index is 1900. The molecule has 0 radical (unpaired) electrons. The molecule has 236 valence electrons. The zero-order valence-electron chi connectivity index (χ0n) is 22.0. The highest BCUT2D eigenvalue weighted by Gasteiger charge is 2.52. The number of phosphoric acid groups is 2. The quantitative estimate of drug-likeness (QED) is 0.172. The molecule has 9 atom stereocenters. The van der Waals surface area contributed by atoms with Gasteiger partial charge in [0.15, 0.2) is 41.3 Å². The van der Waals surface area contributed by atoms with Crippen molar-refractivity contribution in [1.82, 2.24) is 39.0 Å². The Balaban J connectivity index is 1.19. The topological polar surface area (TPSA) is 289 Å². The van der Waals surface area contributed by atoms with Crippen LogP contribution in [0.3, 0.4) is 0 Å². The summed E-state index contributed by atoms with van der Waals surface area (Å²) in [5.74, 6) is -0.215. The molecule has 0 saturated carbocycles. The highest BCUT2D eigenvalue weighted by atomic mass is 31.2. The first kappa shape index (κ1) is 29.3. The molecule has 0 aromatic carbocycles. The van der Waals surface area contributed by atoms with E-state index in [1.807, 2.05) is 0 Å². The van der Waals surface area contributed by atoms with E-state index in [9.17, 15) is 23.7 Å². The molecule has 0 aliphatic carbocycles. The predicted octanol–water partition coefficient (Wildman–Crippen LogP) is -0.335. The average molecular weight is 660 g/mol. The second kappa shape index (κ2) is 10.6. The molecule has 4 aromatic rings. The van der Waals surface area contributed by atoms with Gasteiger partial charge in [-0.2, -0.15) is 4.98 Å². The summed E-state index contributed by atoms with van der Waals surface area (Å²) in [5, 5.41) is 0. The molecule has 3 aliphatic rings. The van der Waals surface area contributed by atoms with E-state index in [1.165, 1.54) is 17.2 Å². The third-order valence-corrected chi connectivity index (χ3v) is 9.14. The van der Waals surface area contributed by atoms with Crippen molar-refractivity contribution < 1.29 is 50.9 Å². The number of alkyl halides is 1. The van der Waals surface area contributed by atoms with Crippen LogP contribution >= 0.6 is 15.6 Å². The van der Waals surface area contributed by atoms with Crippen molar-refractivity contribution in [3.8, 4) is 0 Å². The molecule has 7 rings (SSSR count). The highest BCUT2D eigenvalue weighted by Crippen LogP contribution is 2.54. The fourth-order valence-electron chi connectivity index (χ4n) is 5.26. The number of hydrogen-bond donors (Lipinski definition) is 5. The molecule has 21 nitrogen and oxygen atoms in total. The monoisotopic (exact) mass is 660 g/mol. The lowest BCUT2D eigenvalue weighted by Gasteiger charge is -2.25. The van der Waals surface area contributed by atoms with Gasteiger partial charge in [-0.25, -0.2) is 33.5 Å². The second-order valence-corrected chi connectivity index (χ2v) is 12.8. The number of nitrogens with one attached hydrogen (secondary N) is 1. The summed E-state index contributed by atoms with van der Waals surface area (Å²) in [5.41, 5.74) is 10.9. The number of aromatic nitrogens is 8. The minimum atomic E-state index is -5.01. The Morgan fingerprint density at radius 2 is 1.61 bits per heavy atom. The summed E-state index contributed by atoms with van der Waals surface area (Å²) in [6.07, 6.45) is -7.26. The fourth-order valence-corrected chi connectivity index (χ4v) is 7.16. The Labute approximate surface area is 243 Å². The number of H-pyrrole nitrogens is 1. The fraction of sp³-hybridized carbons (Fsp3) is 0.500. The van der Waals surface area contributed by atoms with Gasteiger partial charge >= 0.3 is 15.6 Å². The number of nitrogens with two attached hydrogens (primary N) is 2. The Morgan fingerprint density at radius 3 is 2.41 bits per heavy atom. The van der Waals surface area contributed by atoms with Crippen LogP contribution in [0.1, 0.15) is 18.9 Å². The molecular formula is C20H23FN10O11P2. The highest BCUT2D eigenvalue weighted by molar-refractivity contribution is 7.47. The molecule has 3 saturated heterocycles. The number of nitrogens with zero attached hydrogens (tertiary/aromatic N) is 7. The smallest absolute Gasteiger partial charge is 0.382 e. The number of imidazole rings is 2. The average Bonchev–Trinajstić information content (AvgIpc) is 3.72. The standard InChI is InChI=1S/C20H23FN10O11P2/c21-10-13-9(40-19(10)30-5-26-11-14(22)24-4-25-15(11)30)3-38-43(33,34)41-8-1-7(2-37-44(35,36)42-13)39-18(8)31-6-27-12-16(31)28-20(23)29-17(12)32/h4-10,13,18-19H,1-3H2,(H,33,34)(H,35,36)(H2,22,24,25)(H3,23,28,29,32)/t7-,8+,9+,10-,13+,18+,19+/m0/s1. The minimum Gasteiger partial charge on any atom is -0.382 e. The van der Waals surface area contributed by atoms with E-state index in [-0.39, 0.29) is 40.5 Å². The number of anilines is 2. The molecule has 24 heteroatoms. The lowest BCUT2D eigenvalue weighted by Crippen LogP contribution is -2.34. The molecule has 0 amide bonds. The Hall–Kier alpha value is -3.43. The van der Waals surface area contributed by atoms with Gasteiger partial charge in [0.2, 0.25) is 5.95 Å². The number of aromatic amines is 1. The SMILES string of the molecule is Nc1nc2c(ncn2[C@@H]2O[C@@H]3COP(=O)(O)O[C@H]4[C@H](F)[C@H](n5cnc6c(N)ncnc65)O[C@@H]4COP(=O)(O)O[C@@H]2C3)c(=O)[nH]1. The minimum absolute atomic E-state index is 0.0146.